The molecule has 4 heteroatoms. The van der Waals surface area contributed by atoms with E-state index in [0.29, 0.717) is 18.7 Å². The molecule has 0 bridgehead atoms. The van der Waals surface area contributed by atoms with Gasteiger partial charge in [0.1, 0.15) is 5.82 Å². The van der Waals surface area contributed by atoms with Crippen molar-refractivity contribution in [2.45, 2.75) is 6.42 Å². The molecule has 0 unspecified atom stereocenters. The number of carbonyl (C=O) groups is 1. The number of aromatic amines is 1. The fourth-order valence-electron chi connectivity index (χ4n) is 1.81. The monoisotopic (exact) mass is 221 g/mol. The molecule has 0 radical (unpaired) electrons. The van der Waals surface area contributed by atoms with E-state index in [1.54, 1.807) is 13.2 Å². The second kappa shape index (κ2) is 4.45. The molecule has 16 heavy (non-hydrogen) atoms. The Morgan fingerprint density at radius 3 is 3.00 bits per heavy atom. The van der Waals surface area contributed by atoms with Gasteiger partial charge in [0, 0.05) is 18.0 Å². The van der Waals surface area contributed by atoms with Crippen molar-refractivity contribution in [1.29, 1.82) is 0 Å². The predicted octanol–water partition coefficient (Wildman–Crippen LogP) is 2.31. The fraction of sp³-hybridized carbons (Fsp3) is 0.250. The fourth-order valence-corrected chi connectivity index (χ4v) is 1.81. The number of fused-ring (bicyclic) bond motifs is 1. The largest absolute Gasteiger partial charge is 0.384 e. The summed E-state index contributed by atoms with van der Waals surface area (Å²) in [5.41, 5.74) is 2.08. The van der Waals surface area contributed by atoms with E-state index in [-0.39, 0.29) is 5.82 Å². The Kier molecular flexibility index (Phi) is 3.01. The molecule has 3 nitrogen and oxygen atoms in total. The lowest BCUT2D eigenvalue weighted by Gasteiger charge is -1.99. The van der Waals surface area contributed by atoms with E-state index in [0.717, 1.165) is 22.8 Å². The highest BCUT2D eigenvalue weighted by Crippen LogP contribution is 2.23. The molecular formula is C12H12FNO2. The molecule has 0 aliphatic heterocycles. The van der Waals surface area contributed by atoms with Crippen LogP contribution < -0.4 is 0 Å². The van der Waals surface area contributed by atoms with Crippen molar-refractivity contribution in [2.75, 3.05) is 13.7 Å². The average molecular weight is 221 g/mol. The van der Waals surface area contributed by atoms with Crippen LogP contribution in [0.25, 0.3) is 10.9 Å². The van der Waals surface area contributed by atoms with Crippen molar-refractivity contribution in [3.8, 4) is 0 Å². The van der Waals surface area contributed by atoms with Crippen LogP contribution in [0, 0.1) is 5.82 Å². The Bertz CT molecular complexity index is 519. The molecule has 0 atom stereocenters. The number of aromatic nitrogens is 1. The molecule has 0 spiro atoms. The van der Waals surface area contributed by atoms with Gasteiger partial charge in [-0.25, -0.2) is 4.39 Å². The van der Waals surface area contributed by atoms with Crippen LogP contribution >= 0.6 is 0 Å². The Balaban J connectivity index is 2.56. The van der Waals surface area contributed by atoms with Crippen LogP contribution in [0.4, 0.5) is 4.39 Å². The maximum absolute atomic E-state index is 13.1. The molecule has 0 amide bonds. The standard InChI is InChI=1S/C12H12FNO2/c1-16-5-4-9-10-6-8(13)2-3-11(10)14-12(9)7-15/h2-3,6-7,14H,4-5H2,1H3. The van der Waals surface area contributed by atoms with Gasteiger partial charge < -0.3 is 9.72 Å². The highest BCUT2D eigenvalue weighted by molar-refractivity contribution is 5.92. The SMILES string of the molecule is COCCc1c(C=O)[nH]c2ccc(F)cc12. The van der Waals surface area contributed by atoms with E-state index in [2.05, 4.69) is 4.98 Å². The Morgan fingerprint density at radius 1 is 1.50 bits per heavy atom. The first-order valence-corrected chi connectivity index (χ1v) is 5.00. The number of hydrogen-bond acceptors (Lipinski definition) is 2. The second-order valence-corrected chi connectivity index (χ2v) is 3.57. The number of benzene rings is 1. The van der Waals surface area contributed by atoms with Crippen molar-refractivity contribution < 1.29 is 13.9 Å². The number of halogens is 1. The molecular weight excluding hydrogens is 209 g/mol. The summed E-state index contributed by atoms with van der Waals surface area (Å²) in [6, 6.07) is 4.44. The summed E-state index contributed by atoms with van der Waals surface area (Å²) in [6.07, 6.45) is 1.34. The zero-order chi connectivity index (χ0) is 11.5. The summed E-state index contributed by atoms with van der Waals surface area (Å²) in [7, 11) is 1.59. The van der Waals surface area contributed by atoms with Crippen molar-refractivity contribution in [1.82, 2.24) is 4.98 Å². The maximum atomic E-state index is 13.1. The number of nitrogens with one attached hydrogen (secondary N) is 1. The molecule has 84 valence electrons. The Hall–Kier alpha value is -1.68. The molecule has 2 rings (SSSR count). The van der Waals surface area contributed by atoms with Gasteiger partial charge in [-0.15, -0.1) is 0 Å². The summed E-state index contributed by atoms with van der Waals surface area (Å²) in [5.74, 6) is -0.303. The normalized spacial score (nSPS) is 10.9. The van der Waals surface area contributed by atoms with Crippen LogP contribution in [0.2, 0.25) is 0 Å². The third kappa shape index (κ3) is 1.84. The summed E-state index contributed by atoms with van der Waals surface area (Å²) < 4.78 is 18.1. The van der Waals surface area contributed by atoms with Crippen molar-refractivity contribution in [3.05, 3.63) is 35.3 Å². The number of carbonyl (C=O) groups excluding carboxylic acids is 1. The number of aldehydes is 1. The summed E-state index contributed by atoms with van der Waals surface area (Å²) in [6.45, 7) is 0.504. The van der Waals surface area contributed by atoms with Gasteiger partial charge in [0.05, 0.1) is 12.3 Å². The van der Waals surface area contributed by atoms with E-state index in [9.17, 15) is 9.18 Å². The van der Waals surface area contributed by atoms with E-state index in [1.807, 2.05) is 0 Å². The van der Waals surface area contributed by atoms with Gasteiger partial charge in [0.2, 0.25) is 0 Å². The predicted molar refractivity (Wildman–Crippen MR) is 59.2 cm³/mol. The van der Waals surface area contributed by atoms with Gasteiger partial charge in [-0.3, -0.25) is 4.79 Å². The Morgan fingerprint density at radius 2 is 2.31 bits per heavy atom. The molecule has 0 aliphatic carbocycles. The highest BCUT2D eigenvalue weighted by Gasteiger charge is 2.11. The van der Waals surface area contributed by atoms with Gasteiger partial charge in [0.25, 0.3) is 0 Å². The quantitative estimate of drug-likeness (QED) is 0.805. The zero-order valence-electron chi connectivity index (χ0n) is 8.92. The van der Waals surface area contributed by atoms with Crippen LogP contribution in [0.1, 0.15) is 16.1 Å². The van der Waals surface area contributed by atoms with Gasteiger partial charge in [0.15, 0.2) is 6.29 Å². The second-order valence-electron chi connectivity index (χ2n) is 3.57. The van der Waals surface area contributed by atoms with E-state index >= 15 is 0 Å². The minimum Gasteiger partial charge on any atom is -0.384 e. The van der Waals surface area contributed by atoms with Gasteiger partial charge >= 0.3 is 0 Å². The third-order valence-electron chi connectivity index (χ3n) is 2.58. The first-order chi connectivity index (χ1) is 7.76. The molecule has 1 aromatic heterocycles. The number of methoxy groups -OCH3 is 1. The molecule has 0 saturated heterocycles. The van der Waals surface area contributed by atoms with Crippen molar-refractivity contribution in [2.24, 2.45) is 0 Å². The molecule has 1 aromatic carbocycles. The molecule has 0 aliphatic rings. The lowest BCUT2D eigenvalue weighted by molar-refractivity contribution is 0.111. The number of hydrogen-bond donors (Lipinski definition) is 1. The van der Waals surface area contributed by atoms with Gasteiger partial charge in [-0.2, -0.15) is 0 Å². The van der Waals surface area contributed by atoms with Crippen LogP contribution in [0.15, 0.2) is 18.2 Å². The topological polar surface area (TPSA) is 42.1 Å². The van der Waals surface area contributed by atoms with Crippen LogP contribution in [0.3, 0.4) is 0 Å². The number of H-pyrrole nitrogens is 1. The van der Waals surface area contributed by atoms with Crippen molar-refractivity contribution in [3.63, 3.8) is 0 Å². The van der Waals surface area contributed by atoms with Gasteiger partial charge in [-0.05, 0) is 30.2 Å². The minimum absolute atomic E-state index is 0.303. The molecule has 0 saturated carbocycles. The average Bonchev–Trinajstić information content (AvgIpc) is 2.63. The summed E-state index contributed by atoms with van der Waals surface area (Å²) in [5, 5.41) is 0.749. The van der Waals surface area contributed by atoms with E-state index < -0.39 is 0 Å². The van der Waals surface area contributed by atoms with Gasteiger partial charge in [-0.1, -0.05) is 0 Å². The lowest BCUT2D eigenvalue weighted by Crippen LogP contribution is -1.97. The first kappa shape index (κ1) is 10.8. The van der Waals surface area contributed by atoms with Crippen LogP contribution in [-0.2, 0) is 11.2 Å². The first-order valence-electron chi connectivity index (χ1n) is 5.00. The number of rotatable bonds is 4. The minimum atomic E-state index is -0.303. The maximum Gasteiger partial charge on any atom is 0.166 e. The Labute approximate surface area is 92.2 Å². The third-order valence-corrected chi connectivity index (χ3v) is 2.58. The van der Waals surface area contributed by atoms with Crippen molar-refractivity contribution >= 4 is 17.2 Å². The van der Waals surface area contributed by atoms with E-state index in [1.165, 1.54) is 12.1 Å². The molecule has 1 heterocycles. The lowest BCUT2D eigenvalue weighted by atomic mass is 10.1. The molecule has 0 fully saturated rings. The summed E-state index contributed by atoms with van der Waals surface area (Å²) in [4.78, 5) is 13.8. The smallest absolute Gasteiger partial charge is 0.166 e. The summed E-state index contributed by atoms with van der Waals surface area (Å²) >= 11 is 0. The molecule has 2 aromatic rings. The number of ether oxygens (including phenoxy) is 1. The highest BCUT2D eigenvalue weighted by atomic mass is 19.1. The zero-order valence-corrected chi connectivity index (χ0v) is 8.92. The van der Waals surface area contributed by atoms with Crippen LogP contribution in [-0.4, -0.2) is 25.0 Å². The molecule has 1 N–H and O–H groups in total. The van der Waals surface area contributed by atoms with Crippen LogP contribution in [0.5, 0.6) is 0 Å². The van der Waals surface area contributed by atoms with E-state index in [4.69, 9.17) is 4.74 Å².